The Hall–Kier alpha value is -6.36. The highest BCUT2D eigenvalue weighted by molar-refractivity contribution is 6.06. The van der Waals surface area contributed by atoms with Crippen molar-refractivity contribution in [3.63, 3.8) is 0 Å². The van der Waals surface area contributed by atoms with E-state index < -0.39 is 5.41 Å². The van der Waals surface area contributed by atoms with Crippen molar-refractivity contribution in [2.45, 2.75) is 11.6 Å². The molecule has 4 heteroatoms. The minimum atomic E-state index is -0.516. The number of hydrogen-bond acceptors (Lipinski definition) is 2. The zero-order valence-corrected chi connectivity index (χ0v) is 27.3. The maximum atomic E-state index is 6.57. The van der Waals surface area contributed by atoms with Crippen LogP contribution in [0.25, 0.3) is 22.3 Å². The van der Waals surface area contributed by atoms with Gasteiger partial charge in [-0.05, 0) is 81.9 Å². The molecule has 0 fully saturated rings. The first-order valence-corrected chi connectivity index (χ1v) is 17.2. The Morgan fingerprint density at radius 3 is 1.72 bits per heavy atom. The molecule has 7 aromatic rings. The summed E-state index contributed by atoms with van der Waals surface area (Å²) < 4.78 is 6.57. The first kappa shape index (κ1) is 28.6. The van der Waals surface area contributed by atoms with Gasteiger partial charge >= 0.3 is 11.7 Å². The summed E-state index contributed by atoms with van der Waals surface area (Å²) in [4.78, 5) is 9.01. The van der Waals surface area contributed by atoms with Crippen molar-refractivity contribution < 1.29 is 15.0 Å². The first-order chi connectivity index (χ1) is 24.8. The van der Waals surface area contributed by atoms with Crippen molar-refractivity contribution in [2.24, 2.45) is 4.99 Å². The van der Waals surface area contributed by atoms with Crippen molar-refractivity contribution in [1.29, 1.82) is 0 Å². The summed E-state index contributed by atoms with van der Waals surface area (Å²) in [7, 11) is 0. The van der Waals surface area contributed by atoms with Crippen LogP contribution in [0.3, 0.4) is 0 Å². The van der Waals surface area contributed by atoms with Gasteiger partial charge in [-0.2, -0.15) is 0 Å². The average Bonchev–Trinajstić information content (AvgIpc) is 3.48. The van der Waals surface area contributed by atoms with Crippen LogP contribution in [0.5, 0.6) is 11.5 Å². The lowest BCUT2D eigenvalue weighted by atomic mass is 9.66. The Labute approximate surface area is 291 Å². The fourth-order valence-corrected chi connectivity index (χ4v) is 8.15. The van der Waals surface area contributed by atoms with Gasteiger partial charge in [0.05, 0.1) is 22.1 Å². The number of nitrogens with two attached hydrogens (primary N) is 1. The molecule has 0 aromatic heterocycles. The Balaban J connectivity index is 1.14. The summed E-state index contributed by atoms with van der Waals surface area (Å²) in [6, 6.07) is 62.6. The van der Waals surface area contributed by atoms with Crippen LogP contribution in [0.15, 0.2) is 181 Å². The van der Waals surface area contributed by atoms with Crippen molar-refractivity contribution in [2.75, 3.05) is 0 Å². The Morgan fingerprint density at radius 1 is 0.480 bits per heavy atom. The van der Waals surface area contributed by atoms with Crippen LogP contribution >= 0.6 is 0 Å². The second-order valence-corrected chi connectivity index (χ2v) is 13.1. The second-order valence-electron chi connectivity index (χ2n) is 13.1. The molecule has 1 aliphatic carbocycles. The largest absolute Gasteiger partial charge is 0.457 e. The van der Waals surface area contributed by atoms with E-state index in [0.29, 0.717) is 0 Å². The molecule has 0 saturated carbocycles. The lowest BCUT2D eigenvalue weighted by Crippen LogP contribution is -3.05. The van der Waals surface area contributed by atoms with Crippen LogP contribution in [-0.2, 0) is 5.41 Å². The number of aliphatic imine (C=N–C) groups is 1. The molecule has 10 rings (SSSR count). The first-order valence-electron chi connectivity index (χ1n) is 17.2. The van der Waals surface area contributed by atoms with E-state index in [2.05, 4.69) is 180 Å². The molecule has 1 unspecified atom stereocenters. The number of fused-ring (bicyclic) bond motifs is 9. The number of para-hydroxylation sites is 2. The van der Waals surface area contributed by atoms with Gasteiger partial charge in [-0.15, -0.1) is 0 Å². The summed E-state index contributed by atoms with van der Waals surface area (Å²) in [5.41, 5.74) is 12.6. The van der Waals surface area contributed by atoms with E-state index in [1.807, 2.05) is 6.07 Å². The molecule has 0 bridgehead atoms. The predicted octanol–water partition coefficient (Wildman–Crippen LogP) is 7.37. The summed E-state index contributed by atoms with van der Waals surface area (Å²) in [6.07, 6.45) is -0.108. The minimum Gasteiger partial charge on any atom is -0.457 e. The third-order valence-corrected chi connectivity index (χ3v) is 10.4. The average molecular weight is 644 g/mol. The standard InChI is InChI=1S/C46H31N3O/c1-3-13-30(14-4-1)31-23-25-33(26-24-31)44-47-43(32-15-5-2-6-16-32)48-45(49-44)34-27-28-36-35-17-7-8-18-37(35)46(40(36)29-34)38-19-9-11-21-41(38)50-42-22-12-10-20-39(42)46/h1-29,45H,(H,47,48,49)/p+2. The number of benzene rings is 7. The van der Waals surface area contributed by atoms with Crippen molar-refractivity contribution in [1.82, 2.24) is 0 Å². The fraction of sp³-hybridized carbons (Fsp3) is 0.0435. The minimum absolute atomic E-state index is 0.108. The van der Waals surface area contributed by atoms with E-state index in [1.54, 1.807) is 0 Å². The number of nitrogens with one attached hydrogen (secondary N) is 1. The summed E-state index contributed by atoms with van der Waals surface area (Å²) in [6.45, 7) is 0. The van der Waals surface area contributed by atoms with E-state index in [0.717, 1.165) is 34.3 Å². The highest BCUT2D eigenvalue weighted by Crippen LogP contribution is 2.62. The molecule has 3 aliphatic rings. The van der Waals surface area contributed by atoms with Crippen LogP contribution in [0, 0.1) is 0 Å². The quantitative estimate of drug-likeness (QED) is 0.207. The highest BCUT2D eigenvalue weighted by Gasteiger charge is 2.51. The smallest absolute Gasteiger partial charge is 0.343 e. The van der Waals surface area contributed by atoms with E-state index in [4.69, 9.17) is 9.73 Å². The Bertz CT molecular complexity index is 2440. The van der Waals surface area contributed by atoms with E-state index >= 15 is 0 Å². The summed E-state index contributed by atoms with van der Waals surface area (Å²) in [5, 5.41) is 2.27. The van der Waals surface area contributed by atoms with E-state index in [1.165, 1.54) is 50.1 Å². The highest BCUT2D eigenvalue weighted by atomic mass is 16.5. The van der Waals surface area contributed by atoms with Gasteiger partial charge in [-0.1, -0.05) is 127 Å². The van der Waals surface area contributed by atoms with Gasteiger partial charge in [-0.3, -0.25) is 0 Å². The van der Waals surface area contributed by atoms with Gasteiger partial charge in [-0.25, -0.2) is 10.3 Å². The molecule has 2 heterocycles. The fourth-order valence-electron chi connectivity index (χ4n) is 8.15. The molecule has 0 amide bonds. The number of nitrogens with zero attached hydrogens (tertiary/aromatic N) is 1. The zero-order chi connectivity index (χ0) is 33.1. The molecule has 2 aliphatic heterocycles. The van der Waals surface area contributed by atoms with E-state index in [9.17, 15) is 0 Å². The lowest BCUT2D eigenvalue weighted by Gasteiger charge is -2.39. The molecule has 0 saturated heterocycles. The molecule has 7 aromatic carbocycles. The van der Waals surface area contributed by atoms with Crippen molar-refractivity contribution in [3.8, 4) is 33.8 Å². The molecular weight excluding hydrogens is 611 g/mol. The third kappa shape index (κ3) is 4.36. The molecule has 4 nitrogen and oxygen atoms in total. The Morgan fingerprint density at radius 2 is 1.02 bits per heavy atom. The summed E-state index contributed by atoms with van der Waals surface area (Å²) >= 11 is 0. The second kappa shape index (κ2) is 11.4. The zero-order valence-electron chi connectivity index (χ0n) is 27.3. The maximum absolute atomic E-state index is 6.57. The van der Waals surface area contributed by atoms with Gasteiger partial charge in [0, 0.05) is 16.1 Å². The summed E-state index contributed by atoms with van der Waals surface area (Å²) in [5.74, 6) is 3.61. The molecule has 3 N–H and O–H groups in total. The monoisotopic (exact) mass is 643 g/mol. The third-order valence-electron chi connectivity index (χ3n) is 10.4. The van der Waals surface area contributed by atoms with E-state index in [-0.39, 0.29) is 6.17 Å². The number of quaternary nitrogens is 1. The maximum Gasteiger partial charge on any atom is 0.343 e. The van der Waals surface area contributed by atoms with Crippen LogP contribution in [0.4, 0.5) is 0 Å². The SMILES string of the molecule is c1ccc(C2=[NH+]C(c3ccc4c(c3)C3(c5ccccc5Oc5ccccc53)c3ccccc3-4)[NH2+]C(c3ccc(-c4ccccc4)cc3)=N2)cc1. The molecular formula is C46H33N3O+2. The molecule has 50 heavy (non-hydrogen) atoms. The predicted molar refractivity (Wildman–Crippen MR) is 198 cm³/mol. The van der Waals surface area contributed by atoms with Gasteiger partial charge in [0.1, 0.15) is 11.5 Å². The normalized spacial score (nSPS) is 16.3. The molecule has 236 valence electrons. The van der Waals surface area contributed by atoms with Gasteiger partial charge in [0.15, 0.2) is 0 Å². The number of ether oxygens (including phenoxy) is 1. The van der Waals surface area contributed by atoms with Crippen LogP contribution in [0.1, 0.15) is 45.1 Å². The van der Waals surface area contributed by atoms with Crippen LogP contribution < -0.4 is 15.0 Å². The topological polar surface area (TPSA) is 52.2 Å². The number of hydrogen-bond donors (Lipinski definition) is 2. The number of rotatable bonds is 4. The molecule has 1 spiro atoms. The van der Waals surface area contributed by atoms with Crippen molar-refractivity contribution in [3.05, 3.63) is 215 Å². The van der Waals surface area contributed by atoms with Crippen LogP contribution in [0.2, 0.25) is 0 Å². The lowest BCUT2D eigenvalue weighted by molar-refractivity contribution is -0.789. The van der Waals surface area contributed by atoms with Crippen molar-refractivity contribution >= 4 is 11.7 Å². The molecule has 0 radical (unpaired) electrons. The number of amidine groups is 2. The van der Waals surface area contributed by atoms with Crippen LogP contribution in [-0.4, -0.2) is 11.7 Å². The van der Waals surface area contributed by atoms with Gasteiger partial charge in [0.25, 0.3) is 6.17 Å². The molecule has 1 atom stereocenters. The van der Waals surface area contributed by atoms with Gasteiger partial charge < -0.3 is 4.74 Å². The van der Waals surface area contributed by atoms with Gasteiger partial charge in [0.2, 0.25) is 0 Å². The Kier molecular flexibility index (Phi) is 6.51.